The molecule has 0 amide bonds. The molecule has 100 valence electrons. The first-order chi connectivity index (χ1) is 9.29. The van der Waals surface area contributed by atoms with Crippen molar-refractivity contribution < 1.29 is 0 Å². The molecule has 1 atom stereocenters. The van der Waals surface area contributed by atoms with E-state index in [4.69, 9.17) is 0 Å². The summed E-state index contributed by atoms with van der Waals surface area (Å²) in [5.74, 6) is 0.588. The van der Waals surface area contributed by atoms with Gasteiger partial charge in [-0.25, -0.2) is 4.98 Å². The maximum Gasteiger partial charge on any atom is 0.291 e. The normalized spacial score (nSPS) is 19.8. The van der Waals surface area contributed by atoms with Crippen LogP contribution in [0.3, 0.4) is 0 Å². The Balaban J connectivity index is 2.08. The average Bonchev–Trinajstić information content (AvgIpc) is 2.46. The Labute approximate surface area is 112 Å². The zero-order valence-corrected chi connectivity index (χ0v) is 11.2. The number of para-hydroxylation sites is 2. The summed E-state index contributed by atoms with van der Waals surface area (Å²) in [7, 11) is 0. The van der Waals surface area contributed by atoms with Crippen LogP contribution in [-0.2, 0) is 0 Å². The Hall–Kier alpha value is -1.84. The first-order valence-electron chi connectivity index (χ1n) is 7.05. The molecule has 2 heterocycles. The number of piperidine rings is 1. The number of benzene rings is 1. The fourth-order valence-corrected chi connectivity index (χ4v) is 2.92. The van der Waals surface area contributed by atoms with Crippen molar-refractivity contribution in [3.05, 3.63) is 34.6 Å². The highest BCUT2D eigenvalue weighted by molar-refractivity contribution is 5.75. The molecule has 0 saturated carbocycles. The van der Waals surface area contributed by atoms with Gasteiger partial charge in [0, 0.05) is 12.6 Å². The van der Waals surface area contributed by atoms with Crippen LogP contribution in [0.1, 0.15) is 32.6 Å². The molecule has 1 aromatic carbocycles. The minimum atomic E-state index is -0.0703. The highest BCUT2D eigenvalue weighted by atomic mass is 16.1. The van der Waals surface area contributed by atoms with Crippen molar-refractivity contribution in [3.8, 4) is 0 Å². The number of aromatic nitrogens is 2. The van der Waals surface area contributed by atoms with Crippen LogP contribution in [0, 0.1) is 0 Å². The Morgan fingerprint density at radius 1 is 1.37 bits per heavy atom. The van der Waals surface area contributed by atoms with Gasteiger partial charge >= 0.3 is 0 Å². The topological polar surface area (TPSA) is 49.0 Å². The lowest BCUT2D eigenvalue weighted by Crippen LogP contribution is -2.42. The molecule has 4 nitrogen and oxygen atoms in total. The average molecular weight is 257 g/mol. The van der Waals surface area contributed by atoms with E-state index in [1.807, 2.05) is 24.3 Å². The Kier molecular flexibility index (Phi) is 3.23. The molecule has 0 spiro atoms. The van der Waals surface area contributed by atoms with Crippen LogP contribution >= 0.6 is 0 Å². The van der Waals surface area contributed by atoms with Gasteiger partial charge in [-0.05, 0) is 37.8 Å². The SMILES string of the molecule is CCC1CCCCN1c1nc2ccccc2[nH]c1=O. The predicted molar refractivity (Wildman–Crippen MR) is 77.6 cm³/mol. The highest BCUT2D eigenvalue weighted by Crippen LogP contribution is 2.23. The molecule has 1 aromatic heterocycles. The maximum atomic E-state index is 12.2. The van der Waals surface area contributed by atoms with E-state index in [1.165, 1.54) is 6.42 Å². The lowest BCUT2D eigenvalue weighted by atomic mass is 10.0. The second kappa shape index (κ2) is 5.03. The van der Waals surface area contributed by atoms with E-state index < -0.39 is 0 Å². The minimum absolute atomic E-state index is 0.0703. The molecule has 1 N–H and O–H groups in total. The van der Waals surface area contributed by atoms with Crippen molar-refractivity contribution in [3.63, 3.8) is 0 Å². The van der Waals surface area contributed by atoms with E-state index in [0.29, 0.717) is 11.9 Å². The van der Waals surface area contributed by atoms with Gasteiger partial charge in [0.1, 0.15) is 0 Å². The van der Waals surface area contributed by atoms with Crippen molar-refractivity contribution in [1.82, 2.24) is 9.97 Å². The van der Waals surface area contributed by atoms with E-state index in [9.17, 15) is 4.79 Å². The Morgan fingerprint density at radius 2 is 2.21 bits per heavy atom. The lowest BCUT2D eigenvalue weighted by molar-refractivity contribution is 0.446. The van der Waals surface area contributed by atoms with Crippen LogP contribution in [0.4, 0.5) is 5.82 Å². The zero-order valence-electron chi connectivity index (χ0n) is 11.2. The molecule has 3 rings (SSSR count). The van der Waals surface area contributed by atoms with Crippen molar-refractivity contribution in [2.75, 3.05) is 11.4 Å². The van der Waals surface area contributed by atoms with Crippen LogP contribution in [0.5, 0.6) is 0 Å². The number of nitrogens with zero attached hydrogens (tertiary/aromatic N) is 2. The summed E-state index contributed by atoms with van der Waals surface area (Å²) in [6, 6.07) is 8.14. The van der Waals surface area contributed by atoms with Crippen LogP contribution in [-0.4, -0.2) is 22.6 Å². The largest absolute Gasteiger partial charge is 0.349 e. The van der Waals surface area contributed by atoms with Crippen molar-refractivity contribution in [1.29, 1.82) is 0 Å². The summed E-state index contributed by atoms with van der Waals surface area (Å²) in [5.41, 5.74) is 1.60. The molecule has 1 unspecified atom stereocenters. The van der Waals surface area contributed by atoms with E-state index >= 15 is 0 Å². The number of hydrogen-bond donors (Lipinski definition) is 1. The highest BCUT2D eigenvalue weighted by Gasteiger charge is 2.24. The van der Waals surface area contributed by atoms with Gasteiger partial charge < -0.3 is 9.88 Å². The maximum absolute atomic E-state index is 12.2. The fraction of sp³-hybridized carbons (Fsp3) is 0.467. The van der Waals surface area contributed by atoms with Gasteiger partial charge in [-0.3, -0.25) is 4.79 Å². The first-order valence-corrected chi connectivity index (χ1v) is 7.05. The molecule has 1 aliphatic rings. The van der Waals surface area contributed by atoms with E-state index in [1.54, 1.807) is 0 Å². The fourth-order valence-electron chi connectivity index (χ4n) is 2.92. The molecule has 1 saturated heterocycles. The summed E-state index contributed by atoms with van der Waals surface area (Å²) < 4.78 is 0. The van der Waals surface area contributed by atoms with E-state index in [2.05, 4.69) is 21.8 Å². The molecule has 19 heavy (non-hydrogen) atoms. The van der Waals surface area contributed by atoms with Crippen LogP contribution in [0.2, 0.25) is 0 Å². The molecule has 0 bridgehead atoms. The summed E-state index contributed by atoms with van der Waals surface area (Å²) >= 11 is 0. The zero-order chi connectivity index (χ0) is 13.2. The second-order valence-corrected chi connectivity index (χ2v) is 5.16. The number of H-pyrrole nitrogens is 1. The van der Waals surface area contributed by atoms with Gasteiger partial charge in [-0.15, -0.1) is 0 Å². The first kappa shape index (κ1) is 12.2. The number of aromatic amines is 1. The van der Waals surface area contributed by atoms with Gasteiger partial charge in [0.15, 0.2) is 5.82 Å². The van der Waals surface area contributed by atoms with Crippen LogP contribution < -0.4 is 10.5 Å². The standard InChI is InChI=1S/C15H19N3O/c1-2-11-7-5-6-10-18(11)14-15(19)17-13-9-4-3-8-12(13)16-14/h3-4,8-9,11H,2,5-7,10H2,1H3,(H,17,19). The number of rotatable bonds is 2. The number of nitrogens with one attached hydrogen (secondary N) is 1. The van der Waals surface area contributed by atoms with Gasteiger partial charge in [0.2, 0.25) is 0 Å². The summed E-state index contributed by atoms with van der Waals surface area (Å²) in [4.78, 5) is 21.9. The predicted octanol–water partition coefficient (Wildman–Crippen LogP) is 2.69. The van der Waals surface area contributed by atoms with Gasteiger partial charge in [0.25, 0.3) is 5.56 Å². The minimum Gasteiger partial charge on any atom is -0.349 e. The van der Waals surface area contributed by atoms with E-state index in [-0.39, 0.29) is 5.56 Å². The van der Waals surface area contributed by atoms with Crippen molar-refractivity contribution >= 4 is 16.9 Å². The second-order valence-electron chi connectivity index (χ2n) is 5.16. The molecule has 1 fully saturated rings. The molecular weight excluding hydrogens is 238 g/mol. The van der Waals surface area contributed by atoms with E-state index in [0.717, 1.165) is 36.8 Å². The van der Waals surface area contributed by atoms with Crippen molar-refractivity contribution in [2.24, 2.45) is 0 Å². The summed E-state index contributed by atoms with van der Waals surface area (Å²) in [6.45, 7) is 3.12. The smallest absolute Gasteiger partial charge is 0.291 e. The molecule has 4 heteroatoms. The molecule has 1 aliphatic heterocycles. The monoisotopic (exact) mass is 257 g/mol. The third kappa shape index (κ3) is 2.23. The third-order valence-corrected chi connectivity index (χ3v) is 3.95. The molecule has 0 radical (unpaired) electrons. The number of fused-ring (bicyclic) bond motifs is 1. The Bertz CT molecular complexity index is 635. The molecule has 0 aliphatic carbocycles. The van der Waals surface area contributed by atoms with Gasteiger partial charge in [0.05, 0.1) is 11.0 Å². The number of anilines is 1. The van der Waals surface area contributed by atoms with Gasteiger partial charge in [-0.2, -0.15) is 0 Å². The van der Waals surface area contributed by atoms with Crippen LogP contribution in [0.25, 0.3) is 11.0 Å². The Morgan fingerprint density at radius 3 is 3.05 bits per heavy atom. The van der Waals surface area contributed by atoms with Crippen LogP contribution in [0.15, 0.2) is 29.1 Å². The summed E-state index contributed by atoms with van der Waals surface area (Å²) in [6.07, 6.45) is 4.61. The van der Waals surface area contributed by atoms with Crippen molar-refractivity contribution in [2.45, 2.75) is 38.6 Å². The molecular formula is C15H19N3O. The lowest BCUT2D eigenvalue weighted by Gasteiger charge is -2.35. The third-order valence-electron chi connectivity index (χ3n) is 3.95. The molecule has 2 aromatic rings. The van der Waals surface area contributed by atoms with Gasteiger partial charge in [-0.1, -0.05) is 19.1 Å². The quantitative estimate of drug-likeness (QED) is 0.900. The number of hydrogen-bond acceptors (Lipinski definition) is 3. The summed E-state index contributed by atoms with van der Waals surface area (Å²) in [5, 5.41) is 0.